The van der Waals surface area contributed by atoms with E-state index in [-0.39, 0.29) is 12.3 Å². The van der Waals surface area contributed by atoms with Gasteiger partial charge in [-0.2, -0.15) is 0 Å². The van der Waals surface area contributed by atoms with Crippen LogP contribution in [0.3, 0.4) is 0 Å². The first-order chi connectivity index (χ1) is 12.0. The van der Waals surface area contributed by atoms with E-state index in [1.165, 1.54) is 6.92 Å². The zero-order valence-electron chi connectivity index (χ0n) is 13.7. The van der Waals surface area contributed by atoms with Crippen LogP contribution in [-0.4, -0.2) is 28.0 Å². The van der Waals surface area contributed by atoms with Crippen LogP contribution in [0.2, 0.25) is 0 Å². The number of para-hydroxylation sites is 1. The molecule has 6 heteroatoms. The Bertz CT molecular complexity index is 902. The summed E-state index contributed by atoms with van der Waals surface area (Å²) < 4.78 is 5.80. The number of carbonyl (C=O) groups is 2. The molecule has 0 saturated heterocycles. The summed E-state index contributed by atoms with van der Waals surface area (Å²) in [5.74, 6) is -0.00616. The highest BCUT2D eigenvalue weighted by molar-refractivity contribution is 5.87. The quantitative estimate of drug-likeness (QED) is 0.644. The number of amides is 1. The van der Waals surface area contributed by atoms with Crippen LogP contribution in [0, 0.1) is 0 Å². The van der Waals surface area contributed by atoms with Crippen molar-refractivity contribution >= 4 is 22.8 Å². The van der Waals surface area contributed by atoms with Crippen molar-refractivity contribution in [1.82, 2.24) is 10.3 Å². The van der Waals surface area contributed by atoms with Gasteiger partial charge in [0.05, 0.1) is 0 Å². The van der Waals surface area contributed by atoms with Crippen LogP contribution < -0.4 is 10.1 Å². The average Bonchev–Trinajstić information content (AvgIpc) is 2.97. The van der Waals surface area contributed by atoms with Crippen LogP contribution >= 0.6 is 0 Å². The van der Waals surface area contributed by atoms with Crippen molar-refractivity contribution in [2.24, 2.45) is 0 Å². The first-order valence-corrected chi connectivity index (χ1v) is 7.86. The van der Waals surface area contributed by atoms with Crippen molar-refractivity contribution in [2.75, 3.05) is 0 Å². The molecule has 0 bridgehead atoms. The summed E-state index contributed by atoms with van der Waals surface area (Å²) in [7, 11) is 0. The number of nitrogens with one attached hydrogen (secondary N) is 2. The van der Waals surface area contributed by atoms with Crippen LogP contribution in [0.15, 0.2) is 54.7 Å². The molecule has 0 spiro atoms. The molecule has 3 aromatic rings. The Labute approximate surface area is 144 Å². The molecule has 1 amide bonds. The number of rotatable bonds is 6. The standard InChI is InChI=1S/C19H18N2O4/c1-12(22)21-18(19(23)24)9-13-11-20-17-10-15(7-8-16(13)17)25-14-5-3-2-4-6-14/h2-8,10-11,18,20H,9H2,1H3,(H,21,22)(H,23,24)/t18-/m0/s1. The van der Waals surface area contributed by atoms with Gasteiger partial charge in [0.1, 0.15) is 17.5 Å². The van der Waals surface area contributed by atoms with E-state index in [2.05, 4.69) is 10.3 Å². The summed E-state index contributed by atoms with van der Waals surface area (Å²) in [5, 5.41) is 12.6. The molecule has 25 heavy (non-hydrogen) atoms. The molecule has 1 atom stereocenters. The summed E-state index contributed by atoms with van der Waals surface area (Å²) in [5.41, 5.74) is 1.66. The monoisotopic (exact) mass is 338 g/mol. The average molecular weight is 338 g/mol. The molecular formula is C19H18N2O4. The fourth-order valence-electron chi connectivity index (χ4n) is 2.69. The summed E-state index contributed by atoms with van der Waals surface area (Å²) >= 11 is 0. The zero-order chi connectivity index (χ0) is 17.8. The predicted molar refractivity (Wildman–Crippen MR) is 93.8 cm³/mol. The van der Waals surface area contributed by atoms with Gasteiger partial charge in [-0.05, 0) is 29.8 Å². The second-order valence-corrected chi connectivity index (χ2v) is 5.73. The molecule has 1 heterocycles. The van der Waals surface area contributed by atoms with E-state index in [1.54, 1.807) is 6.20 Å². The molecule has 1 aromatic heterocycles. The van der Waals surface area contributed by atoms with Crippen molar-refractivity contribution in [3.05, 3.63) is 60.3 Å². The molecule has 0 saturated carbocycles. The van der Waals surface area contributed by atoms with E-state index in [9.17, 15) is 14.7 Å². The van der Waals surface area contributed by atoms with Gasteiger partial charge in [-0.25, -0.2) is 4.79 Å². The molecule has 3 N–H and O–H groups in total. The summed E-state index contributed by atoms with van der Waals surface area (Å²) in [6.45, 7) is 1.30. The highest BCUT2D eigenvalue weighted by atomic mass is 16.5. The predicted octanol–water partition coefficient (Wildman–Crippen LogP) is 3.09. The second-order valence-electron chi connectivity index (χ2n) is 5.73. The lowest BCUT2D eigenvalue weighted by Crippen LogP contribution is -2.41. The minimum atomic E-state index is -1.06. The number of aliphatic carboxylic acids is 1. The first kappa shape index (κ1) is 16.6. The van der Waals surface area contributed by atoms with Crippen LogP contribution in [0.1, 0.15) is 12.5 Å². The third kappa shape index (κ3) is 3.98. The number of H-pyrrole nitrogens is 1. The van der Waals surface area contributed by atoms with E-state index in [0.717, 1.165) is 22.2 Å². The molecule has 0 unspecified atom stereocenters. The summed E-state index contributed by atoms with van der Waals surface area (Å²) in [4.78, 5) is 25.6. The molecular weight excluding hydrogens is 320 g/mol. The minimum absolute atomic E-state index is 0.202. The number of carboxylic acid groups (broad SMARTS) is 1. The first-order valence-electron chi connectivity index (χ1n) is 7.86. The normalized spacial score (nSPS) is 11.9. The molecule has 6 nitrogen and oxygen atoms in total. The molecule has 0 aliphatic carbocycles. The van der Waals surface area contributed by atoms with Gasteiger partial charge in [-0.15, -0.1) is 0 Å². The molecule has 2 aromatic carbocycles. The summed E-state index contributed by atoms with van der Waals surface area (Å²) in [6.07, 6.45) is 1.96. The number of carbonyl (C=O) groups excluding carboxylic acids is 1. The number of ether oxygens (including phenoxy) is 1. The van der Waals surface area contributed by atoms with Gasteiger partial charge in [0.15, 0.2) is 0 Å². The van der Waals surface area contributed by atoms with Crippen molar-refractivity contribution in [3.8, 4) is 11.5 Å². The van der Waals surface area contributed by atoms with Gasteiger partial charge in [0.2, 0.25) is 5.91 Å². The van der Waals surface area contributed by atoms with Crippen LogP contribution in [0.4, 0.5) is 0 Å². The topological polar surface area (TPSA) is 91.4 Å². The molecule has 3 rings (SSSR count). The van der Waals surface area contributed by atoms with Crippen LogP contribution in [0.25, 0.3) is 10.9 Å². The van der Waals surface area contributed by atoms with Crippen LogP contribution in [0.5, 0.6) is 11.5 Å². The molecule has 0 aliphatic rings. The number of aromatic nitrogens is 1. The van der Waals surface area contributed by atoms with Crippen molar-refractivity contribution < 1.29 is 19.4 Å². The third-order valence-corrected chi connectivity index (χ3v) is 3.82. The van der Waals surface area contributed by atoms with Gasteiger partial charge < -0.3 is 20.1 Å². The highest BCUT2D eigenvalue weighted by Gasteiger charge is 2.20. The highest BCUT2D eigenvalue weighted by Crippen LogP contribution is 2.27. The maximum Gasteiger partial charge on any atom is 0.326 e. The van der Waals surface area contributed by atoms with E-state index in [4.69, 9.17) is 4.74 Å². The van der Waals surface area contributed by atoms with E-state index < -0.39 is 12.0 Å². The van der Waals surface area contributed by atoms with Gasteiger partial charge in [0.25, 0.3) is 0 Å². The molecule has 0 aliphatic heterocycles. The third-order valence-electron chi connectivity index (χ3n) is 3.82. The van der Waals surface area contributed by atoms with Gasteiger partial charge >= 0.3 is 5.97 Å². The lowest BCUT2D eigenvalue weighted by Gasteiger charge is -2.12. The molecule has 128 valence electrons. The van der Waals surface area contributed by atoms with Crippen molar-refractivity contribution in [2.45, 2.75) is 19.4 Å². The van der Waals surface area contributed by atoms with E-state index >= 15 is 0 Å². The number of carboxylic acids is 1. The fraction of sp³-hybridized carbons (Fsp3) is 0.158. The summed E-state index contributed by atoms with van der Waals surface area (Å²) in [6, 6.07) is 14.1. The van der Waals surface area contributed by atoms with Crippen molar-refractivity contribution in [1.29, 1.82) is 0 Å². The second kappa shape index (κ2) is 7.09. The SMILES string of the molecule is CC(=O)N[C@@H](Cc1c[nH]c2cc(Oc3ccccc3)ccc12)C(=O)O. The Hall–Kier alpha value is -3.28. The number of fused-ring (bicyclic) bond motifs is 1. The Morgan fingerprint density at radius 2 is 1.92 bits per heavy atom. The lowest BCUT2D eigenvalue weighted by molar-refractivity contribution is -0.141. The van der Waals surface area contributed by atoms with Crippen molar-refractivity contribution in [3.63, 3.8) is 0 Å². The largest absolute Gasteiger partial charge is 0.480 e. The molecule has 0 radical (unpaired) electrons. The van der Waals surface area contributed by atoms with E-state index in [0.29, 0.717) is 5.75 Å². The minimum Gasteiger partial charge on any atom is -0.480 e. The Balaban J connectivity index is 1.82. The molecule has 0 fully saturated rings. The smallest absolute Gasteiger partial charge is 0.326 e. The Kier molecular flexibility index (Phi) is 4.70. The Morgan fingerprint density at radius 1 is 1.16 bits per heavy atom. The maximum atomic E-state index is 11.3. The fourth-order valence-corrected chi connectivity index (χ4v) is 2.69. The van der Waals surface area contributed by atoms with E-state index in [1.807, 2.05) is 48.5 Å². The van der Waals surface area contributed by atoms with Gasteiger partial charge in [0, 0.05) is 36.5 Å². The zero-order valence-corrected chi connectivity index (χ0v) is 13.7. The number of hydrogen-bond acceptors (Lipinski definition) is 3. The number of hydrogen-bond donors (Lipinski definition) is 3. The maximum absolute atomic E-state index is 11.3. The number of aromatic amines is 1. The van der Waals surface area contributed by atoms with Crippen LogP contribution in [-0.2, 0) is 16.0 Å². The van der Waals surface area contributed by atoms with Gasteiger partial charge in [-0.1, -0.05) is 18.2 Å². The number of benzene rings is 2. The lowest BCUT2D eigenvalue weighted by atomic mass is 10.0. The van der Waals surface area contributed by atoms with Gasteiger partial charge in [-0.3, -0.25) is 4.79 Å². The Morgan fingerprint density at radius 3 is 2.60 bits per heavy atom.